The molecule has 3 rings (SSSR count). The number of ether oxygens (including phenoxy) is 1. The molecule has 0 saturated heterocycles. The van der Waals surface area contributed by atoms with E-state index in [0.29, 0.717) is 11.7 Å². The Bertz CT molecular complexity index is 444. The molecule has 0 radical (unpaired) electrons. The number of benzene rings is 1. The van der Waals surface area contributed by atoms with Gasteiger partial charge in [0, 0.05) is 0 Å². The smallest absolute Gasteiger partial charge is 0.489 e. The molecular weight excluding hydrogens is 332 g/mol. The number of aryl methyl sites for hydroxylation is 1. The van der Waals surface area contributed by atoms with E-state index in [0.717, 1.165) is 44.1 Å². The summed E-state index contributed by atoms with van der Waals surface area (Å²) in [6.07, 6.45) is 6.35. The number of para-hydroxylation sites is 1. The SMILES string of the molecule is FC(F)c1cccc2c1OC(C1CC[CH-]CC1)CC2.[Rb+]. The van der Waals surface area contributed by atoms with Gasteiger partial charge in [0.2, 0.25) is 0 Å². The Morgan fingerprint density at radius 3 is 2.60 bits per heavy atom. The molecule has 1 fully saturated rings. The molecule has 0 bridgehead atoms. The Hall–Kier alpha value is 0.685. The number of halogens is 2. The van der Waals surface area contributed by atoms with Gasteiger partial charge in [-0.2, -0.15) is 12.8 Å². The van der Waals surface area contributed by atoms with Crippen molar-refractivity contribution in [2.24, 2.45) is 5.92 Å². The van der Waals surface area contributed by atoms with E-state index in [-0.39, 0.29) is 69.9 Å². The van der Waals surface area contributed by atoms with Crippen molar-refractivity contribution in [3.05, 3.63) is 35.7 Å². The van der Waals surface area contributed by atoms with Gasteiger partial charge in [0.25, 0.3) is 6.43 Å². The van der Waals surface area contributed by atoms with Gasteiger partial charge >= 0.3 is 58.2 Å². The molecule has 1 aliphatic carbocycles. The molecular formula is C16H19F2ORb. The quantitative estimate of drug-likeness (QED) is 0.738. The van der Waals surface area contributed by atoms with Crippen LogP contribution in [-0.4, -0.2) is 6.10 Å². The largest absolute Gasteiger partial charge is 1.00 e. The standard InChI is InChI=1S/C16H19F2O.Rb/c17-16(18)13-8-4-7-12-9-10-14(19-15(12)13)11-5-2-1-3-6-11;/h1,4,7-8,11,14,16H,2-3,5-6,9-10H2;/q-1;+1. The minimum absolute atomic E-state index is 0. The van der Waals surface area contributed by atoms with E-state index in [1.165, 1.54) is 6.07 Å². The van der Waals surface area contributed by atoms with Gasteiger partial charge in [-0.1, -0.05) is 25.0 Å². The van der Waals surface area contributed by atoms with Crippen molar-refractivity contribution >= 4 is 0 Å². The van der Waals surface area contributed by atoms with Gasteiger partial charge in [0.15, 0.2) is 0 Å². The number of fused-ring (bicyclic) bond motifs is 1. The Morgan fingerprint density at radius 1 is 1.15 bits per heavy atom. The first-order valence-corrected chi connectivity index (χ1v) is 7.14. The zero-order chi connectivity index (χ0) is 13.2. The summed E-state index contributed by atoms with van der Waals surface area (Å²) in [5.74, 6) is 0.993. The fraction of sp³-hybridized carbons (Fsp3) is 0.562. The van der Waals surface area contributed by atoms with Crippen LogP contribution in [0.5, 0.6) is 5.75 Å². The summed E-state index contributed by atoms with van der Waals surface area (Å²) in [6, 6.07) is 5.10. The molecule has 1 saturated carbocycles. The Balaban J connectivity index is 0.00000147. The molecule has 1 atom stereocenters. The Labute approximate surface area is 168 Å². The number of rotatable bonds is 2. The fourth-order valence-corrected chi connectivity index (χ4v) is 3.28. The maximum atomic E-state index is 13.0. The van der Waals surface area contributed by atoms with Crippen LogP contribution in [0.4, 0.5) is 8.78 Å². The summed E-state index contributed by atoms with van der Waals surface area (Å²) in [7, 11) is 0. The van der Waals surface area contributed by atoms with E-state index in [1.54, 1.807) is 6.07 Å². The second-order valence-corrected chi connectivity index (χ2v) is 5.53. The predicted octanol–water partition coefficient (Wildman–Crippen LogP) is 1.72. The van der Waals surface area contributed by atoms with Crippen LogP contribution in [0.15, 0.2) is 18.2 Å². The monoisotopic (exact) mass is 350 g/mol. The van der Waals surface area contributed by atoms with Crippen molar-refractivity contribution in [1.29, 1.82) is 0 Å². The van der Waals surface area contributed by atoms with E-state index < -0.39 is 6.43 Å². The maximum Gasteiger partial charge on any atom is 1.00 e. The zero-order valence-corrected chi connectivity index (χ0v) is 16.9. The molecule has 1 aliphatic heterocycles. The minimum Gasteiger partial charge on any atom is -0.489 e. The van der Waals surface area contributed by atoms with Gasteiger partial charge in [0.05, 0.1) is 5.56 Å². The second kappa shape index (κ2) is 7.80. The topological polar surface area (TPSA) is 9.23 Å². The molecule has 1 aromatic rings. The van der Waals surface area contributed by atoms with Crippen LogP contribution in [0, 0.1) is 12.3 Å². The van der Waals surface area contributed by atoms with Gasteiger partial charge in [-0.05, 0) is 30.4 Å². The summed E-state index contributed by atoms with van der Waals surface area (Å²) in [5, 5.41) is 0. The third kappa shape index (κ3) is 3.71. The first-order valence-electron chi connectivity index (χ1n) is 7.14. The molecule has 0 aromatic heterocycles. The first-order chi connectivity index (χ1) is 9.25. The average Bonchev–Trinajstić information content (AvgIpc) is 2.47. The minimum atomic E-state index is -2.45. The number of hydrogen-bond acceptors (Lipinski definition) is 1. The molecule has 1 aromatic carbocycles. The molecule has 0 spiro atoms. The average molecular weight is 351 g/mol. The third-order valence-electron chi connectivity index (χ3n) is 4.34. The summed E-state index contributed by atoms with van der Waals surface area (Å²) in [4.78, 5) is 0. The molecule has 20 heavy (non-hydrogen) atoms. The van der Waals surface area contributed by atoms with Gasteiger partial charge in [-0.15, -0.1) is 0 Å². The van der Waals surface area contributed by atoms with Crippen molar-refractivity contribution < 1.29 is 71.7 Å². The Kier molecular flexibility index (Phi) is 6.65. The van der Waals surface area contributed by atoms with Crippen molar-refractivity contribution in [3.63, 3.8) is 0 Å². The van der Waals surface area contributed by atoms with Crippen LogP contribution in [0.25, 0.3) is 0 Å². The summed E-state index contributed by atoms with van der Waals surface area (Å²) < 4.78 is 32.0. The van der Waals surface area contributed by atoms with E-state index in [9.17, 15) is 8.78 Å². The van der Waals surface area contributed by atoms with Gasteiger partial charge in [-0.3, -0.25) is 0 Å². The van der Waals surface area contributed by atoms with Gasteiger partial charge in [0.1, 0.15) is 11.9 Å². The van der Waals surface area contributed by atoms with E-state index in [4.69, 9.17) is 4.74 Å². The summed E-state index contributed by atoms with van der Waals surface area (Å²) in [5.41, 5.74) is 1.00. The predicted molar refractivity (Wildman–Crippen MR) is 70.4 cm³/mol. The molecule has 104 valence electrons. The molecule has 1 unspecified atom stereocenters. The van der Waals surface area contributed by atoms with Crippen molar-refractivity contribution in [3.8, 4) is 5.75 Å². The van der Waals surface area contributed by atoms with Crippen LogP contribution in [0.3, 0.4) is 0 Å². The van der Waals surface area contributed by atoms with Crippen molar-refractivity contribution in [1.82, 2.24) is 0 Å². The van der Waals surface area contributed by atoms with Crippen LogP contribution in [-0.2, 0) is 6.42 Å². The van der Waals surface area contributed by atoms with Crippen LogP contribution < -0.4 is 62.9 Å². The van der Waals surface area contributed by atoms with Gasteiger partial charge < -0.3 is 11.2 Å². The third-order valence-corrected chi connectivity index (χ3v) is 4.34. The molecule has 1 heterocycles. The molecule has 2 aliphatic rings. The molecule has 4 heteroatoms. The Morgan fingerprint density at radius 2 is 1.90 bits per heavy atom. The van der Waals surface area contributed by atoms with Gasteiger partial charge in [-0.25, -0.2) is 8.78 Å². The van der Waals surface area contributed by atoms with Crippen LogP contribution in [0.1, 0.15) is 49.7 Å². The van der Waals surface area contributed by atoms with Crippen LogP contribution in [0.2, 0.25) is 0 Å². The number of hydrogen-bond donors (Lipinski definition) is 0. The molecule has 0 N–H and O–H groups in total. The molecule has 1 nitrogen and oxygen atoms in total. The summed E-state index contributed by atoms with van der Waals surface area (Å²) in [6.45, 7) is 0. The summed E-state index contributed by atoms with van der Waals surface area (Å²) >= 11 is 0. The van der Waals surface area contributed by atoms with E-state index in [1.807, 2.05) is 6.07 Å². The zero-order valence-electron chi connectivity index (χ0n) is 11.9. The normalized spacial score (nSPS) is 22.9. The van der Waals surface area contributed by atoms with E-state index in [2.05, 4.69) is 6.42 Å². The fourth-order valence-electron chi connectivity index (χ4n) is 3.28. The van der Waals surface area contributed by atoms with Crippen LogP contribution >= 0.6 is 0 Å². The van der Waals surface area contributed by atoms with E-state index >= 15 is 0 Å². The first kappa shape index (κ1) is 17.0. The van der Waals surface area contributed by atoms with Crippen molar-refractivity contribution in [2.75, 3.05) is 0 Å². The van der Waals surface area contributed by atoms with Crippen molar-refractivity contribution in [2.45, 2.75) is 51.1 Å². The maximum absolute atomic E-state index is 13.0. The molecule has 0 amide bonds. The second-order valence-electron chi connectivity index (χ2n) is 5.53. The number of alkyl halides is 2.